The highest BCUT2D eigenvalue weighted by molar-refractivity contribution is 5.92. The lowest BCUT2D eigenvalue weighted by molar-refractivity contribution is -0.116. The highest BCUT2D eigenvalue weighted by Gasteiger charge is 2.08. The zero-order valence-corrected chi connectivity index (χ0v) is 12.5. The molecule has 118 valence electrons. The maximum atomic E-state index is 12.8. The van der Waals surface area contributed by atoms with Crippen molar-refractivity contribution >= 4 is 22.7 Å². The third-order valence-electron chi connectivity index (χ3n) is 3.63. The number of fused-ring (bicyclic) bond motifs is 1. The fourth-order valence-corrected chi connectivity index (χ4v) is 2.34. The van der Waals surface area contributed by atoms with Gasteiger partial charge in [-0.3, -0.25) is 9.36 Å². The molecular weight excluding hydrogens is 299 g/mol. The summed E-state index contributed by atoms with van der Waals surface area (Å²) in [7, 11) is 1.62. The fraction of sp³-hybridized carbons (Fsp3) is 0.176. The first-order valence-electron chi connectivity index (χ1n) is 7.17. The first-order chi connectivity index (χ1) is 11.0. The number of amides is 1. The van der Waals surface area contributed by atoms with Crippen molar-refractivity contribution in [3.05, 3.63) is 64.4 Å². The third-order valence-corrected chi connectivity index (χ3v) is 3.63. The minimum absolute atomic E-state index is 0.160. The Labute approximate surface area is 131 Å². The van der Waals surface area contributed by atoms with Gasteiger partial charge in [0.15, 0.2) is 5.58 Å². The van der Waals surface area contributed by atoms with Crippen molar-refractivity contribution in [3.63, 3.8) is 0 Å². The molecule has 0 aliphatic heterocycles. The fourth-order valence-electron chi connectivity index (χ4n) is 2.34. The van der Waals surface area contributed by atoms with Gasteiger partial charge in [-0.25, -0.2) is 9.18 Å². The van der Waals surface area contributed by atoms with E-state index in [1.54, 1.807) is 37.4 Å². The second-order valence-corrected chi connectivity index (χ2v) is 5.28. The molecule has 3 rings (SSSR count). The standard InChI is InChI=1S/C17H15FN2O3/c1-20-14-8-7-13(10-15(14)23-17(20)22)19-16(21)9-4-11-2-5-12(18)6-3-11/h2-3,5-8,10H,4,9H2,1H3,(H,19,21). The van der Waals surface area contributed by atoms with E-state index in [-0.39, 0.29) is 18.1 Å². The highest BCUT2D eigenvalue weighted by atomic mass is 19.1. The molecule has 0 radical (unpaired) electrons. The Morgan fingerprint density at radius 3 is 2.70 bits per heavy atom. The quantitative estimate of drug-likeness (QED) is 0.805. The van der Waals surface area contributed by atoms with Gasteiger partial charge in [0.05, 0.1) is 5.52 Å². The number of hydrogen-bond acceptors (Lipinski definition) is 3. The van der Waals surface area contributed by atoms with Gasteiger partial charge in [0, 0.05) is 25.2 Å². The Morgan fingerprint density at radius 1 is 1.22 bits per heavy atom. The van der Waals surface area contributed by atoms with Gasteiger partial charge >= 0.3 is 5.76 Å². The van der Waals surface area contributed by atoms with Gasteiger partial charge in [0.2, 0.25) is 5.91 Å². The van der Waals surface area contributed by atoms with E-state index in [1.165, 1.54) is 16.7 Å². The normalized spacial score (nSPS) is 10.9. The van der Waals surface area contributed by atoms with Crippen LogP contribution in [0.1, 0.15) is 12.0 Å². The molecule has 0 saturated heterocycles. The van der Waals surface area contributed by atoms with E-state index in [4.69, 9.17) is 4.42 Å². The summed E-state index contributed by atoms with van der Waals surface area (Å²) in [6.07, 6.45) is 0.803. The lowest BCUT2D eigenvalue weighted by atomic mass is 10.1. The van der Waals surface area contributed by atoms with Gasteiger partial charge in [-0.2, -0.15) is 0 Å². The SMILES string of the molecule is Cn1c(=O)oc2cc(NC(=O)CCc3ccc(F)cc3)ccc21. The van der Waals surface area contributed by atoms with Crippen molar-refractivity contribution < 1.29 is 13.6 Å². The van der Waals surface area contributed by atoms with E-state index < -0.39 is 5.76 Å². The number of nitrogens with one attached hydrogen (secondary N) is 1. The number of anilines is 1. The molecule has 1 N–H and O–H groups in total. The van der Waals surface area contributed by atoms with Crippen LogP contribution in [0, 0.1) is 5.82 Å². The Kier molecular flexibility index (Phi) is 3.97. The van der Waals surface area contributed by atoms with Gasteiger partial charge in [-0.1, -0.05) is 12.1 Å². The molecule has 0 bridgehead atoms. The van der Waals surface area contributed by atoms with E-state index in [0.717, 1.165) is 5.56 Å². The molecule has 1 heterocycles. The second-order valence-electron chi connectivity index (χ2n) is 5.28. The average molecular weight is 314 g/mol. The third kappa shape index (κ3) is 3.31. The molecule has 0 saturated carbocycles. The van der Waals surface area contributed by atoms with E-state index >= 15 is 0 Å². The van der Waals surface area contributed by atoms with Gasteiger partial charge in [-0.15, -0.1) is 0 Å². The smallest absolute Gasteiger partial charge is 0.408 e. The van der Waals surface area contributed by atoms with Gasteiger partial charge in [-0.05, 0) is 36.2 Å². The minimum atomic E-state index is -0.445. The molecule has 0 unspecified atom stereocenters. The van der Waals surface area contributed by atoms with Crippen molar-refractivity contribution in [1.29, 1.82) is 0 Å². The summed E-state index contributed by atoms with van der Waals surface area (Å²) in [6, 6.07) is 11.1. The molecule has 23 heavy (non-hydrogen) atoms. The first kappa shape index (κ1) is 15.0. The molecule has 2 aromatic carbocycles. The van der Waals surface area contributed by atoms with Crippen LogP contribution in [0.2, 0.25) is 0 Å². The lowest BCUT2D eigenvalue weighted by Crippen LogP contribution is -2.12. The number of aryl methyl sites for hydroxylation is 2. The number of benzene rings is 2. The highest BCUT2D eigenvalue weighted by Crippen LogP contribution is 2.18. The molecule has 1 amide bonds. The van der Waals surface area contributed by atoms with Crippen LogP contribution in [0.5, 0.6) is 0 Å². The van der Waals surface area contributed by atoms with E-state index in [9.17, 15) is 14.0 Å². The summed E-state index contributed by atoms with van der Waals surface area (Å²) in [5, 5.41) is 2.76. The molecule has 3 aromatic rings. The Balaban J connectivity index is 1.65. The van der Waals surface area contributed by atoms with Gasteiger partial charge in [0.1, 0.15) is 5.82 Å². The zero-order valence-electron chi connectivity index (χ0n) is 12.5. The maximum absolute atomic E-state index is 12.8. The van der Waals surface area contributed by atoms with Crippen LogP contribution in [-0.4, -0.2) is 10.5 Å². The van der Waals surface area contributed by atoms with Crippen molar-refractivity contribution in [2.75, 3.05) is 5.32 Å². The first-order valence-corrected chi connectivity index (χ1v) is 7.17. The number of carbonyl (C=O) groups is 1. The monoisotopic (exact) mass is 314 g/mol. The van der Waals surface area contributed by atoms with Crippen LogP contribution in [0.25, 0.3) is 11.1 Å². The Bertz CT molecular complexity index is 910. The van der Waals surface area contributed by atoms with Crippen molar-refractivity contribution in [2.45, 2.75) is 12.8 Å². The van der Waals surface area contributed by atoms with E-state index in [2.05, 4.69) is 5.32 Å². The van der Waals surface area contributed by atoms with Crippen LogP contribution in [0.4, 0.5) is 10.1 Å². The predicted octanol–water partition coefficient (Wildman–Crippen LogP) is 2.84. The topological polar surface area (TPSA) is 64.2 Å². The van der Waals surface area contributed by atoms with E-state index in [0.29, 0.717) is 23.2 Å². The molecule has 0 aliphatic rings. The number of oxazole rings is 1. The van der Waals surface area contributed by atoms with Gasteiger partial charge in [0.25, 0.3) is 0 Å². The number of aromatic nitrogens is 1. The van der Waals surface area contributed by atoms with Crippen molar-refractivity contribution in [3.8, 4) is 0 Å². The van der Waals surface area contributed by atoms with Gasteiger partial charge < -0.3 is 9.73 Å². The van der Waals surface area contributed by atoms with Crippen LogP contribution in [0.15, 0.2) is 51.7 Å². The van der Waals surface area contributed by atoms with Crippen LogP contribution in [0.3, 0.4) is 0 Å². The largest absolute Gasteiger partial charge is 0.419 e. The number of halogens is 1. The van der Waals surface area contributed by atoms with Crippen LogP contribution < -0.4 is 11.1 Å². The zero-order chi connectivity index (χ0) is 16.4. The predicted molar refractivity (Wildman–Crippen MR) is 84.8 cm³/mol. The number of carbonyl (C=O) groups excluding carboxylic acids is 1. The molecule has 1 aromatic heterocycles. The molecule has 0 spiro atoms. The molecule has 5 nitrogen and oxygen atoms in total. The summed E-state index contributed by atoms with van der Waals surface area (Å²) < 4.78 is 19.3. The summed E-state index contributed by atoms with van der Waals surface area (Å²) in [6.45, 7) is 0. The van der Waals surface area contributed by atoms with Crippen LogP contribution >= 0.6 is 0 Å². The Morgan fingerprint density at radius 2 is 1.96 bits per heavy atom. The molecule has 6 heteroatoms. The molecule has 0 fully saturated rings. The molecule has 0 atom stereocenters. The summed E-state index contributed by atoms with van der Waals surface area (Å²) in [4.78, 5) is 23.4. The summed E-state index contributed by atoms with van der Waals surface area (Å²) in [5.74, 6) is -0.900. The average Bonchev–Trinajstić information content (AvgIpc) is 2.81. The van der Waals surface area contributed by atoms with Crippen LogP contribution in [-0.2, 0) is 18.3 Å². The molecular formula is C17H15FN2O3. The molecule has 0 aliphatic carbocycles. The van der Waals surface area contributed by atoms with E-state index in [1.807, 2.05) is 0 Å². The van der Waals surface area contributed by atoms with Crippen molar-refractivity contribution in [1.82, 2.24) is 4.57 Å². The summed E-state index contributed by atoms with van der Waals surface area (Å²) >= 11 is 0. The number of rotatable bonds is 4. The Hall–Kier alpha value is -2.89. The summed E-state index contributed by atoms with van der Waals surface area (Å²) in [5.41, 5.74) is 2.55. The number of hydrogen-bond donors (Lipinski definition) is 1. The number of nitrogens with zero attached hydrogens (tertiary/aromatic N) is 1. The lowest BCUT2D eigenvalue weighted by Gasteiger charge is -2.05. The second kappa shape index (κ2) is 6.08. The van der Waals surface area contributed by atoms with Crippen molar-refractivity contribution in [2.24, 2.45) is 7.05 Å². The maximum Gasteiger partial charge on any atom is 0.419 e. The minimum Gasteiger partial charge on any atom is -0.408 e.